The molecule has 10 nitrogen and oxygen atoms in total. The Morgan fingerprint density at radius 3 is 1.62 bits per heavy atom. The second kappa shape index (κ2) is 16.8. The van der Waals surface area contributed by atoms with E-state index in [1.165, 1.54) is 7.11 Å². The summed E-state index contributed by atoms with van der Waals surface area (Å²) in [6.07, 6.45) is 1.16. The highest BCUT2D eigenvalue weighted by Gasteiger charge is 2.30. The van der Waals surface area contributed by atoms with Gasteiger partial charge in [-0.15, -0.1) is 0 Å². The summed E-state index contributed by atoms with van der Waals surface area (Å²) in [5, 5.41) is 9.37. The third-order valence-corrected chi connectivity index (χ3v) is 6.56. The Morgan fingerprint density at radius 1 is 0.775 bits per heavy atom. The van der Waals surface area contributed by atoms with Crippen molar-refractivity contribution in [1.29, 1.82) is 0 Å². The van der Waals surface area contributed by atoms with Crippen molar-refractivity contribution in [3.63, 3.8) is 0 Å². The summed E-state index contributed by atoms with van der Waals surface area (Å²) in [5.74, 6) is -0.228. The van der Waals surface area contributed by atoms with E-state index >= 15 is 0 Å². The first-order valence-electron chi connectivity index (χ1n) is 13.6. The number of ether oxygens (including phenoxy) is 7. The number of hydrogen-bond acceptors (Lipinski definition) is 9. The van der Waals surface area contributed by atoms with Crippen LogP contribution in [0.3, 0.4) is 0 Å². The van der Waals surface area contributed by atoms with Crippen molar-refractivity contribution < 1.29 is 47.9 Å². The topological polar surface area (TPSA) is 119 Å². The van der Waals surface area contributed by atoms with Crippen LogP contribution in [0.4, 0.5) is 0 Å². The first-order valence-corrected chi connectivity index (χ1v) is 13.6. The second-order valence-electron chi connectivity index (χ2n) is 9.23. The lowest BCUT2D eigenvalue weighted by atomic mass is 10.1. The van der Waals surface area contributed by atoms with Gasteiger partial charge in [0.1, 0.15) is 11.5 Å². The van der Waals surface area contributed by atoms with Crippen LogP contribution < -0.4 is 9.47 Å². The maximum absolute atomic E-state index is 12.3. The lowest BCUT2D eigenvalue weighted by molar-refractivity contribution is -0.165. The van der Waals surface area contributed by atoms with Gasteiger partial charge in [0.25, 0.3) is 0 Å². The Balaban J connectivity index is 0.000000222. The van der Waals surface area contributed by atoms with E-state index in [1.54, 1.807) is 38.3 Å². The van der Waals surface area contributed by atoms with E-state index in [-0.39, 0.29) is 18.2 Å². The first kappa shape index (κ1) is 31.3. The molecular weight excluding hydrogens is 520 g/mol. The summed E-state index contributed by atoms with van der Waals surface area (Å²) < 4.78 is 38.0. The van der Waals surface area contributed by atoms with Crippen molar-refractivity contribution in [3.8, 4) is 11.5 Å². The minimum Gasteiger partial charge on any atom is -0.496 e. The Bertz CT molecular complexity index is 1050. The molecule has 0 aliphatic carbocycles. The first-order chi connectivity index (χ1) is 19.5. The van der Waals surface area contributed by atoms with E-state index in [1.807, 2.05) is 24.3 Å². The number of rotatable bonds is 11. The zero-order valence-electron chi connectivity index (χ0n) is 23.4. The van der Waals surface area contributed by atoms with Gasteiger partial charge in [0, 0.05) is 37.6 Å². The molecule has 0 bridgehead atoms. The van der Waals surface area contributed by atoms with Crippen molar-refractivity contribution in [1.82, 2.24) is 0 Å². The van der Waals surface area contributed by atoms with Crippen molar-refractivity contribution >= 4 is 11.9 Å². The van der Waals surface area contributed by atoms with Crippen LogP contribution in [0.1, 0.15) is 55.9 Å². The van der Waals surface area contributed by atoms with E-state index in [0.717, 1.165) is 25.7 Å². The van der Waals surface area contributed by atoms with Crippen LogP contribution in [-0.4, -0.2) is 76.5 Å². The fourth-order valence-electron chi connectivity index (χ4n) is 4.51. The fourth-order valence-corrected chi connectivity index (χ4v) is 4.51. The van der Waals surface area contributed by atoms with E-state index in [9.17, 15) is 14.7 Å². The highest BCUT2D eigenvalue weighted by molar-refractivity contribution is 5.77. The van der Waals surface area contributed by atoms with Gasteiger partial charge in [-0.1, -0.05) is 36.4 Å². The molecule has 2 heterocycles. The third kappa shape index (κ3) is 9.19. The summed E-state index contributed by atoms with van der Waals surface area (Å²) in [4.78, 5) is 23.7. The molecule has 0 amide bonds. The van der Waals surface area contributed by atoms with E-state index in [4.69, 9.17) is 33.2 Å². The Morgan fingerprint density at radius 2 is 1.20 bits per heavy atom. The third-order valence-electron chi connectivity index (χ3n) is 6.56. The normalized spacial score (nSPS) is 17.6. The molecule has 0 spiro atoms. The predicted molar refractivity (Wildman–Crippen MR) is 146 cm³/mol. The molecule has 4 rings (SSSR count). The molecule has 10 heteroatoms. The van der Waals surface area contributed by atoms with E-state index < -0.39 is 18.2 Å². The van der Waals surface area contributed by atoms with Crippen molar-refractivity contribution in [3.05, 3.63) is 59.7 Å². The number of para-hydroxylation sites is 2. The largest absolute Gasteiger partial charge is 0.496 e. The Labute approximate surface area is 235 Å². The highest BCUT2D eigenvalue weighted by atomic mass is 16.6. The molecule has 1 N–H and O–H groups in total. The molecule has 2 atom stereocenters. The van der Waals surface area contributed by atoms with Crippen LogP contribution in [-0.2, 0) is 33.3 Å². The molecule has 2 saturated heterocycles. The lowest BCUT2D eigenvalue weighted by Gasteiger charge is -2.27. The predicted octanol–water partition coefficient (Wildman–Crippen LogP) is 4.51. The molecule has 2 aromatic rings. The number of carbonyl (C=O) groups is 2. The summed E-state index contributed by atoms with van der Waals surface area (Å²) in [7, 11) is 3.10. The van der Waals surface area contributed by atoms with E-state index in [2.05, 4.69) is 0 Å². The van der Waals surface area contributed by atoms with Gasteiger partial charge in [0.15, 0.2) is 12.2 Å². The number of esters is 1. The average molecular weight is 561 g/mol. The van der Waals surface area contributed by atoms with Gasteiger partial charge in [-0.05, 0) is 44.7 Å². The molecule has 0 saturated carbocycles. The van der Waals surface area contributed by atoms with Crippen LogP contribution in [0.15, 0.2) is 48.5 Å². The van der Waals surface area contributed by atoms with Gasteiger partial charge < -0.3 is 38.3 Å². The molecule has 2 aliphatic rings. The molecule has 0 aromatic heterocycles. The second-order valence-corrected chi connectivity index (χ2v) is 9.23. The zero-order chi connectivity index (χ0) is 28.7. The monoisotopic (exact) mass is 560 g/mol. The molecule has 2 fully saturated rings. The Hall–Kier alpha value is -3.18. The van der Waals surface area contributed by atoms with Gasteiger partial charge in [0.05, 0.1) is 33.0 Å². The van der Waals surface area contributed by atoms with Gasteiger partial charge in [-0.25, -0.2) is 9.59 Å². The molecule has 0 radical (unpaired) electrons. The summed E-state index contributed by atoms with van der Waals surface area (Å²) >= 11 is 0. The summed E-state index contributed by atoms with van der Waals surface area (Å²) in [6, 6.07) is 14.4. The molecular formula is C30H40O10. The number of hydrogen-bond donors (Lipinski definition) is 1. The minimum atomic E-state index is -1.00. The minimum absolute atomic E-state index is 0.00179. The quantitative estimate of drug-likeness (QED) is 0.393. The number of methoxy groups -OCH3 is 2. The van der Waals surface area contributed by atoms with Crippen LogP contribution in [0.25, 0.3) is 0 Å². The van der Waals surface area contributed by atoms with Crippen molar-refractivity contribution in [2.75, 3.05) is 47.3 Å². The van der Waals surface area contributed by atoms with Gasteiger partial charge in [-0.2, -0.15) is 0 Å². The number of benzene rings is 2. The maximum atomic E-state index is 12.3. The molecule has 2 aromatic carbocycles. The number of carboxylic acids is 1. The molecule has 220 valence electrons. The van der Waals surface area contributed by atoms with Crippen LogP contribution in [0, 0.1) is 0 Å². The maximum Gasteiger partial charge on any atom is 0.340 e. The standard InChI is InChI=1S/C16H22O5.C14H18O5/c1-3-20-16(17)15(21-12-8-10-19-11-9-12)13-6-4-5-7-14(13)18-2;1-17-12-5-3-2-4-11(12)13(14(15)16)19-10-6-8-18-9-7-10/h4-7,12,15H,3,8-11H2,1-2H3;2-5,10,13H,6-9H2,1H3,(H,15,16). The van der Waals surface area contributed by atoms with Crippen molar-refractivity contribution in [2.24, 2.45) is 0 Å². The van der Waals surface area contributed by atoms with Crippen LogP contribution >= 0.6 is 0 Å². The number of aliphatic carboxylic acids is 1. The van der Waals surface area contributed by atoms with Crippen molar-refractivity contribution in [2.45, 2.75) is 57.0 Å². The van der Waals surface area contributed by atoms with Gasteiger partial charge in [-0.3, -0.25) is 0 Å². The number of carboxylic acid groups (broad SMARTS) is 1. The zero-order valence-corrected chi connectivity index (χ0v) is 23.4. The van der Waals surface area contributed by atoms with Crippen LogP contribution in [0.2, 0.25) is 0 Å². The van der Waals surface area contributed by atoms with Gasteiger partial charge in [0.2, 0.25) is 0 Å². The fraction of sp³-hybridized carbons (Fsp3) is 0.533. The van der Waals surface area contributed by atoms with Gasteiger partial charge >= 0.3 is 11.9 Å². The SMILES string of the molecule is CCOC(=O)C(OC1CCOCC1)c1ccccc1OC.COc1ccccc1C(OC1CCOCC1)C(=O)O. The smallest absolute Gasteiger partial charge is 0.340 e. The number of carbonyl (C=O) groups excluding carboxylic acids is 1. The molecule has 40 heavy (non-hydrogen) atoms. The molecule has 2 aliphatic heterocycles. The highest BCUT2D eigenvalue weighted by Crippen LogP contribution is 2.32. The van der Waals surface area contributed by atoms with E-state index in [0.29, 0.717) is 55.7 Å². The summed E-state index contributed by atoms with van der Waals surface area (Å²) in [5.41, 5.74) is 1.24. The summed E-state index contributed by atoms with van der Waals surface area (Å²) in [6.45, 7) is 4.65. The molecule has 2 unspecified atom stereocenters. The van der Waals surface area contributed by atoms with Crippen LogP contribution in [0.5, 0.6) is 11.5 Å². The average Bonchev–Trinajstić information content (AvgIpc) is 3.00. The lowest BCUT2D eigenvalue weighted by Crippen LogP contribution is -2.29. The Kier molecular flexibility index (Phi) is 13.2.